The Kier molecular flexibility index (Phi) is 8.50. The third kappa shape index (κ3) is 10.2. The van der Waals surface area contributed by atoms with E-state index in [0.717, 1.165) is 18.7 Å². The van der Waals surface area contributed by atoms with Gasteiger partial charge in [0.05, 0.1) is 7.11 Å². The van der Waals surface area contributed by atoms with E-state index in [1.165, 1.54) is 19.2 Å². The maximum Gasteiger partial charge on any atom is 0.0725 e. The Hall–Kier alpha value is 0.230. The van der Waals surface area contributed by atoms with Crippen LogP contribution in [0.25, 0.3) is 0 Å². The fraction of sp³-hybridized carbons (Fsp3) is 1.00. The smallest absolute Gasteiger partial charge is 0.0725 e. The van der Waals surface area contributed by atoms with Crippen LogP contribution in [0.15, 0.2) is 0 Å². The van der Waals surface area contributed by atoms with Gasteiger partial charge in [-0.05, 0) is 13.0 Å². The predicted molar refractivity (Wildman–Crippen MR) is 48.3 cm³/mol. The first-order chi connectivity index (χ1) is 5.27. The lowest BCUT2D eigenvalue weighted by Gasteiger charge is -2.06. The summed E-state index contributed by atoms with van der Waals surface area (Å²) in [5, 5.41) is 3.31. The monoisotopic (exact) mass is 179 g/mol. The highest BCUT2D eigenvalue weighted by atomic mass is 32.2. The summed E-state index contributed by atoms with van der Waals surface area (Å²) in [7, 11) is 1.51. The van der Waals surface area contributed by atoms with Gasteiger partial charge in [-0.3, -0.25) is 0 Å². The molecule has 0 saturated heterocycles. The normalized spacial score (nSPS) is 10.9. The van der Waals surface area contributed by atoms with Gasteiger partial charge in [0.2, 0.25) is 0 Å². The molecule has 11 heavy (non-hydrogen) atoms. The third-order valence-electron chi connectivity index (χ3n) is 1.07. The zero-order chi connectivity index (χ0) is 8.53. The molecule has 0 unspecified atom stereocenters. The van der Waals surface area contributed by atoms with Gasteiger partial charge >= 0.3 is 0 Å². The minimum atomic E-state index is 0.573. The van der Waals surface area contributed by atoms with Crippen LogP contribution in [0, 0.1) is 0 Å². The Morgan fingerprint density at radius 1 is 1.45 bits per heavy atom. The van der Waals surface area contributed by atoms with Crippen LogP contribution >= 0.6 is 12.0 Å². The van der Waals surface area contributed by atoms with E-state index in [1.54, 1.807) is 0 Å². The van der Waals surface area contributed by atoms with Crippen molar-refractivity contribution in [3.63, 3.8) is 0 Å². The molecule has 4 heteroatoms. The first-order valence-corrected chi connectivity index (χ1v) is 4.74. The molecule has 0 heterocycles. The summed E-state index contributed by atoms with van der Waals surface area (Å²) in [6.45, 7) is 5.31. The lowest BCUT2D eigenvalue weighted by Crippen LogP contribution is -2.23. The minimum absolute atomic E-state index is 0.573. The highest BCUT2D eigenvalue weighted by Crippen LogP contribution is 2.02. The Balaban J connectivity index is 2.80. The van der Waals surface area contributed by atoms with Crippen LogP contribution in [0.2, 0.25) is 0 Å². The summed E-state index contributed by atoms with van der Waals surface area (Å²) in [5.74, 6) is 0.966. The van der Waals surface area contributed by atoms with Crippen LogP contribution in [0.3, 0.4) is 0 Å². The van der Waals surface area contributed by atoms with E-state index in [0.29, 0.717) is 6.04 Å². The molecule has 0 bridgehead atoms. The predicted octanol–water partition coefficient (Wildman–Crippen LogP) is 1.60. The van der Waals surface area contributed by atoms with Crippen molar-refractivity contribution in [1.82, 2.24) is 5.32 Å². The molecule has 0 saturated carbocycles. The van der Waals surface area contributed by atoms with Gasteiger partial charge in [0.25, 0.3) is 0 Å². The van der Waals surface area contributed by atoms with Gasteiger partial charge < -0.3 is 5.32 Å². The van der Waals surface area contributed by atoms with E-state index in [9.17, 15) is 0 Å². The first-order valence-electron chi connectivity index (χ1n) is 3.83. The van der Waals surface area contributed by atoms with Crippen molar-refractivity contribution in [2.75, 3.05) is 19.4 Å². The molecule has 0 radical (unpaired) electrons. The summed E-state index contributed by atoms with van der Waals surface area (Å²) in [6, 6.07) is 0.573. The van der Waals surface area contributed by atoms with Crippen LogP contribution in [-0.4, -0.2) is 25.4 Å². The minimum Gasteiger partial charge on any atom is -0.315 e. The molecule has 3 nitrogen and oxygen atoms in total. The average Bonchev–Trinajstić information content (AvgIpc) is 1.96. The van der Waals surface area contributed by atoms with E-state index in [1.807, 2.05) is 0 Å². The molecule has 0 fully saturated rings. The van der Waals surface area contributed by atoms with Crippen LogP contribution in [0.5, 0.6) is 0 Å². The van der Waals surface area contributed by atoms with Crippen LogP contribution in [0.1, 0.15) is 20.3 Å². The van der Waals surface area contributed by atoms with Crippen molar-refractivity contribution >= 4 is 12.0 Å². The summed E-state index contributed by atoms with van der Waals surface area (Å²) < 4.78 is 4.63. The van der Waals surface area contributed by atoms with E-state index in [-0.39, 0.29) is 0 Å². The molecular weight excluding hydrogens is 162 g/mol. The Bertz CT molecular complexity index is 80.8. The highest BCUT2D eigenvalue weighted by Gasteiger charge is 1.92. The third-order valence-corrected chi connectivity index (χ3v) is 1.76. The second-order valence-corrected chi connectivity index (χ2v) is 3.30. The van der Waals surface area contributed by atoms with Gasteiger partial charge in [-0.1, -0.05) is 13.8 Å². The number of nitrogens with one attached hydrogen (secondary N) is 1. The quantitative estimate of drug-likeness (QED) is 0.278. The largest absolute Gasteiger partial charge is 0.315 e. The van der Waals surface area contributed by atoms with Crippen molar-refractivity contribution < 1.29 is 9.22 Å². The second kappa shape index (κ2) is 8.33. The molecule has 1 N–H and O–H groups in total. The Morgan fingerprint density at radius 2 is 2.18 bits per heavy atom. The molecule has 0 atom stereocenters. The molecule has 0 aromatic carbocycles. The van der Waals surface area contributed by atoms with Crippen molar-refractivity contribution in [1.29, 1.82) is 0 Å². The van der Waals surface area contributed by atoms with Crippen molar-refractivity contribution in [2.24, 2.45) is 0 Å². The summed E-state index contributed by atoms with van der Waals surface area (Å²) in [6.07, 6.45) is 1.10. The molecule has 0 spiro atoms. The first kappa shape index (κ1) is 11.2. The number of hydrogen-bond acceptors (Lipinski definition) is 4. The zero-order valence-electron chi connectivity index (χ0n) is 7.42. The molecule has 0 rings (SSSR count). The summed E-state index contributed by atoms with van der Waals surface area (Å²) >= 11 is 1.34. The molecule has 0 amide bonds. The van der Waals surface area contributed by atoms with Crippen molar-refractivity contribution in [3.8, 4) is 0 Å². The van der Waals surface area contributed by atoms with Crippen molar-refractivity contribution in [2.45, 2.75) is 26.3 Å². The lowest BCUT2D eigenvalue weighted by atomic mass is 10.4. The van der Waals surface area contributed by atoms with Crippen LogP contribution < -0.4 is 5.32 Å². The van der Waals surface area contributed by atoms with E-state index in [4.69, 9.17) is 0 Å². The van der Waals surface area contributed by atoms with Gasteiger partial charge in [-0.2, -0.15) is 4.33 Å². The van der Waals surface area contributed by atoms with E-state index < -0.39 is 0 Å². The molecule has 0 aromatic rings. The average molecular weight is 179 g/mol. The fourth-order valence-corrected chi connectivity index (χ4v) is 1.03. The highest BCUT2D eigenvalue weighted by molar-refractivity contribution is 7.94. The summed E-state index contributed by atoms with van der Waals surface area (Å²) in [4.78, 5) is 4.41. The van der Waals surface area contributed by atoms with Crippen molar-refractivity contribution in [3.05, 3.63) is 0 Å². The van der Waals surface area contributed by atoms with Crippen LogP contribution in [-0.2, 0) is 9.22 Å². The number of rotatable bonds is 7. The Morgan fingerprint density at radius 3 is 2.73 bits per heavy atom. The number of hydrogen-bond donors (Lipinski definition) is 1. The molecule has 0 aliphatic rings. The second-order valence-electron chi connectivity index (χ2n) is 2.52. The molecule has 0 aromatic heterocycles. The van der Waals surface area contributed by atoms with Gasteiger partial charge in [-0.25, -0.2) is 4.89 Å². The Labute approximate surface area is 73.0 Å². The maximum absolute atomic E-state index is 4.63. The van der Waals surface area contributed by atoms with Gasteiger partial charge in [0.1, 0.15) is 0 Å². The standard InChI is InChI=1S/C7H17NO2S/c1-7(2)8-5-4-6-11-10-9-3/h7-8H,4-6H2,1-3H3. The van der Waals surface area contributed by atoms with E-state index >= 15 is 0 Å². The SMILES string of the molecule is COOSCCCNC(C)C. The maximum atomic E-state index is 4.63. The molecular formula is C7H17NO2S. The lowest BCUT2D eigenvalue weighted by molar-refractivity contribution is -0.160. The summed E-state index contributed by atoms with van der Waals surface area (Å²) in [5.41, 5.74) is 0. The van der Waals surface area contributed by atoms with Gasteiger partial charge in [0.15, 0.2) is 0 Å². The van der Waals surface area contributed by atoms with E-state index in [2.05, 4.69) is 28.4 Å². The zero-order valence-corrected chi connectivity index (χ0v) is 8.24. The molecule has 68 valence electrons. The fourth-order valence-electron chi connectivity index (χ4n) is 0.604. The van der Waals surface area contributed by atoms with Crippen LogP contribution in [0.4, 0.5) is 0 Å². The van der Waals surface area contributed by atoms with Gasteiger partial charge in [-0.15, -0.1) is 0 Å². The topological polar surface area (TPSA) is 30.5 Å². The van der Waals surface area contributed by atoms with Gasteiger partial charge in [0, 0.05) is 23.8 Å². The molecule has 0 aliphatic carbocycles. The molecule has 0 aliphatic heterocycles.